The highest BCUT2D eigenvalue weighted by Crippen LogP contribution is 2.69. The van der Waals surface area contributed by atoms with Crippen LogP contribution in [0.15, 0.2) is 29.2 Å². The van der Waals surface area contributed by atoms with E-state index in [2.05, 4.69) is 44.9 Å². The minimum absolute atomic E-state index is 0.0277. The summed E-state index contributed by atoms with van der Waals surface area (Å²) >= 11 is 0. The molecular formula is C44H68N4O8. The molecule has 5 aliphatic rings. The molecule has 2 unspecified atom stereocenters. The van der Waals surface area contributed by atoms with E-state index in [1.807, 2.05) is 0 Å². The maximum Gasteiger partial charge on any atom is 0.248 e. The van der Waals surface area contributed by atoms with Crippen molar-refractivity contribution in [3.63, 3.8) is 0 Å². The van der Waals surface area contributed by atoms with Crippen molar-refractivity contribution < 1.29 is 38.5 Å². The van der Waals surface area contributed by atoms with Gasteiger partial charge in [-0.25, -0.2) is 0 Å². The predicted molar refractivity (Wildman–Crippen MR) is 213 cm³/mol. The second kappa shape index (κ2) is 18.1. The molecule has 4 aliphatic carbocycles. The van der Waals surface area contributed by atoms with Gasteiger partial charge in [0.15, 0.2) is 0 Å². The van der Waals surface area contributed by atoms with Gasteiger partial charge in [0.1, 0.15) is 12.3 Å². The van der Waals surface area contributed by atoms with E-state index < -0.39 is 0 Å². The number of piperazine rings is 1. The quantitative estimate of drug-likeness (QED) is 0.137. The van der Waals surface area contributed by atoms with Crippen molar-refractivity contribution in [3.05, 3.63) is 30.5 Å². The molecule has 2 heterocycles. The summed E-state index contributed by atoms with van der Waals surface area (Å²) in [5.74, 6) is 3.45. The Labute approximate surface area is 333 Å². The number of furan rings is 1. The number of ether oxygens (including phenoxy) is 1. The molecule has 1 saturated heterocycles. The van der Waals surface area contributed by atoms with Crippen LogP contribution < -0.4 is 15.5 Å². The Balaban J connectivity index is 0.846. The van der Waals surface area contributed by atoms with Gasteiger partial charge in [0, 0.05) is 51.5 Å². The molecule has 0 spiro atoms. The number of aryl methyl sites for hydroxylation is 1. The highest BCUT2D eigenvalue weighted by atomic mass is 16.5. The Morgan fingerprint density at radius 1 is 0.982 bits per heavy atom. The number of amides is 4. The average Bonchev–Trinajstić information content (AvgIpc) is 3.80. The molecule has 0 radical (unpaired) electrons. The number of fused-ring (bicyclic) bond motifs is 5. The molecule has 1 aromatic heterocycles. The molecular weight excluding hydrogens is 713 g/mol. The van der Waals surface area contributed by atoms with Gasteiger partial charge in [0.05, 0.1) is 25.4 Å². The van der Waals surface area contributed by atoms with Crippen LogP contribution in [0.4, 0.5) is 5.88 Å². The van der Waals surface area contributed by atoms with Gasteiger partial charge < -0.3 is 34.9 Å². The Hall–Kier alpha value is -3.22. The van der Waals surface area contributed by atoms with Gasteiger partial charge in [-0.2, -0.15) is 0 Å². The number of nitrogens with zero attached hydrogens (tertiary/aromatic N) is 2. The molecule has 12 nitrogen and oxygen atoms in total. The van der Waals surface area contributed by atoms with Crippen LogP contribution in [0.2, 0.25) is 0 Å². The standard InChI is InChI=1S/C44H68N4O8/c1-6-31-35-26-29(49)16-18-44(35,5)34-17-19-43(4)32(11-12-33(43)41(34)42(31)54)28(3)8-13-36(50)45-20-24-55-25-21-46-37(51)14-9-30-10-15-40(56-30)48-23-22-47(27-39(48)53)38(52)7-2/h7,10,15,28-29,31-35,41-42,49,54H,2,6,8-9,11-14,16-27H2,1,3-5H3,(H,45,50)(H,46,51)/t28-,29-,31?,32-,33+,34+,35?,41+,42-,43-,44-/m1/s1. The first-order valence-electron chi connectivity index (χ1n) is 21.6. The van der Waals surface area contributed by atoms with Gasteiger partial charge in [-0.1, -0.05) is 40.7 Å². The van der Waals surface area contributed by atoms with Gasteiger partial charge in [0.25, 0.3) is 0 Å². The van der Waals surface area contributed by atoms with Crippen molar-refractivity contribution in [1.29, 1.82) is 0 Å². The maximum absolute atomic E-state index is 12.8. The fraction of sp³-hybridized carbons (Fsp3) is 0.773. The number of aliphatic hydroxyl groups is 2. The molecule has 11 atom stereocenters. The average molecular weight is 781 g/mol. The summed E-state index contributed by atoms with van der Waals surface area (Å²) < 4.78 is 11.5. The fourth-order valence-electron chi connectivity index (χ4n) is 12.4. The number of anilines is 1. The highest BCUT2D eigenvalue weighted by Gasteiger charge is 2.64. The first kappa shape index (κ1) is 42.4. The normalized spacial score (nSPS) is 34.6. The number of nitrogens with one attached hydrogen (secondary N) is 2. The Morgan fingerprint density at radius 3 is 2.38 bits per heavy atom. The van der Waals surface area contributed by atoms with Crippen molar-refractivity contribution in [3.8, 4) is 0 Å². The SMILES string of the molecule is C=CC(=O)N1CCN(c2ccc(CCC(=O)NCCOCCNC(=O)CC[C@@H](C)[C@H]3CC[C@H]4[C@@H]5[C@H](O)C(CC)C6C[C@H](O)CC[C@]6(C)[C@H]5CC[C@]34C)o2)C(=O)C1. The number of aliphatic hydroxyl groups excluding tert-OH is 2. The summed E-state index contributed by atoms with van der Waals surface area (Å²) in [7, 11) is 0. The summed E-state index contributed by atoms with van der Waals surface area (Å²) in [4.78, 5) is 52.5. The lowest BCUT2D eigenvalue weighted by Crippen LogP contribution is -2.62. The van der Waals surface area contributed by atoms with Crippen molar-refractivity contribution in [2.24, 2.45) is 52.3 Å². The zero-order valence-corrected chi connectivity index (χ0v) is 34.3. The lowest BCUT2D eigenvalue weighted by molar-refractivity contribution is -0.203. The largest absolute Gasteiger partial charge is 0.445 e. The minimum Gasteiger partial charge on any atom is -0.445 e. The molecule has 5 fully saturated rings. The topological polar surface area (TPSA) is 162 Å². The summed E-state index contributed by atoms with van der Waals surface area (Å²) in [5, 5.41) is 28.4. The number of rotatable bonds is 16. The van der Waals surface area contributed by atoms with E-state index in [1.54, 1.807) is 12.1 Å². The summed E-state index contributed by atoms with van der Waals surface area (Å²) in [6.07, 6.45) is 11.1. The van der Waals surface area contributed by atoms with E-state index in [0.29, 0.717) is 99.4 Å². The van der Waals surface area contributed by atoms with Crippen molar-refractivity contribution in [2.75, 3.05) is 50.8 Å². The van der Waals surface area contributed by atoms with Gasteiger partial charge in [-0.05, 0) is 116 Å². The van der Waals surface area contributed by atoms with Crippen LogP contribution in [0.5, 0.6) is 0 Å². The molecule has 1 aromatic rings. The molecule has 4 amide bonds. The lowest BCUT2D eigenvalue weighted by atomic mass is 9.41. The van der Waals surface area contributed by atoms with Gasteiger partial charge in [-0.15, -0.1) is 0 Å². The van der Waals surface area contributed by atoms with Crippen molar-refractivity contribution >= 4 is 29.5 Å². The second-order valence-electron chi connectivity index (χ2n) is 18.2. The van der Waals surface area contributed by atoms with E-state index >= 15 is 0 Å². The Bertz CT molecular complexity index is 1560. The smallest absolute Gasteiger partial charge is 0.248 e. The Kier molecular flexibility index (Phi) is 13.7. The van der Waals surface area contributed by atoms with Crippen LogP contribution in [0, 0.1) is 52.3 Å². The van der Waals surface area contributed by atoms with Crippen LogP contribution in [0.25, 0.3) is 0 Å². The maximum atomic E-state index is 12.8. The minimum atomic E-state index is -0.288. The van der Waals surface area contributed by atoms with Crippen LogP contribution in [-0.2, 0) is 30.3 Å². The third-order valence-electron chi connectivity index (χ3n) is 15.3. The first-order chi connectivity index (χ1) is 26.8. The van der Waals surface area contributed by atoms with Crippen molar-refractivity contribution in [1.82, 2.24) is 15.5 Å². The molecule has 0 aromatic carbocycles. The molecule has 1 aliphatic heterocycles. The van der Waals surface area contributed by atoms with E-state index in [-0.39, 0.29) is 65.6 Å². The van der Waals surface area contributed by atoms with Crippen molar-refractivity contribution in [2.45, 2.75) is 117 Å². The second-order valence-corrected chi connectivity index (χ2v) is 18.2. The van der Waals surface area contributed by atoms with Crippen LogP contribution in [0.1, 0.15) is 104 Å². The monoisotopic (exact) mass is 781 g/mol. The summed E-state index contributed by atoms with van der Waals surface area (Å²) in [5.41, 5.74) is 0.393. The highest BCUT2D eigenvalue weighted by molar-refractivity contribution is 5.98. The molecule has 56 heavy (non-hydrogen) atoms. The first-order valence-corrected chi connectivity index (χ1v) is 21.6. The van der Waals surface area contributed by atoms with E-state index in [9.17, 15) is 29.4 Å². The van der Waals surface area contributed by atoms with Gasteiger partial charge in [0.2, 0.25) is 29.5 Å². The zero-order chi connectivity index (χ0) is 40.2. The molecule has 4 N–H and O–H groups in total. The van der Waals surface area contributed by atoms with Gasteiger partial charge >= 0.3 is 0 Å². The molecule has 12 heteroatoms. The molecule has 0 bridgehead atoms. The van der Waals surface area contributed by atoms with Gasteiger partial charge in [-0.3, -0.25) is 24.1 Å². The van der Waals surface area contributed by atoms with E-state index in [4.69, 9.17) is 9.15 Å². The van der Waals surface area contributed by atoms with E-state index in [1.165, 1.54) is 41.6 Å². The predicted octanol–water partition coefficient (Wildman–Crippen LogP) is 4.87. The molecule has 4 saturated carbocycles. The number of carbonyl (C=O) groups excluding carboxylic acids is 4. The van der Waals surface area contributed by atoms with Crippen LogP contribution in [-0.4, -0.2) is 96.9 Å². The summed E-state index contributed by atoms with van der Waals surface area (Å²) in [6.45, 7) is 15.2. The van der Waals surface area contributed by atoms with Crippen LogP contribution >= 0.6 is 0 Å². The summed E-state index contributed by atoms with van der Waals surface area (Å²) in [6, 6.07) is 3.47. The number of carbonyl (C=O) groups is 4. The molecule has 312 valence electrons. The fourth-order valence-corrected chi connectivity index (χ4v) is 12.4. The number of hydrogen-bond acceptors (Lipinski definition) is 8. The third kappa shape index (κ3) is 8.77. The lowest BCUT2D eigenvalue weighted by Gasteiger charge is -2.64. The van der Waals surface area contributed by atoms with E-state index in [0.717, 1.165) is 32.1 Å². The zero-order valence-electron chi connectivity index (χ0n) is 34.3. The number of hydrogen-bond donors (Lipinski definition) is 4. The third-order valence-corrected chi connectivity index (χ3v) is 15.3. The Morgan fingerprint density at radius 2 is 1.68 bits per heavy atom. The van der Waals surface area contributed by atoms with Crippen LogP contribution in [0.3, 0.4) is 0 Å². The molecule has 6 rings (SSSR count).